The van der Waals surface area contributed by atoms with E-state index in [-0.39, 0.29) is 5.57 Å². The van der Waals surface area contributed by atoms with Crippen LogP contribution in [0.15, 0.2) is 34.3 Å². The fourth-order valence-electron chi connectivity index (χ4n) is 1.84. The van der Waals surface area contributed by atoms with Crippen LogP contribution in [0.4, 0.5) is 0 Å². The molecule has 0 atom stereocenters. The molecule has 0 radical (unpaired) electrons. The lowest BCUT2D eigenvalue weighted by Gasteiger charge is -1.95. The topological polar surface area (TPSA) is 80.0 Å². The third-order valence-electron chi connectivity index (χ3n) is 2.71. The van der Waals surface area contributed by atoms with E-state index < -0.39 is 5.91 Å². The first kappa shape index (κ1) is 11.9. The number of nitrogens with two attached hydrogens (primary N) is 1. The lowest BCUT2D eigenvalue weighted by atomic mass is 10.1. The van der Waals surface area contributed by atoms with Gasteiger partial charge < -0.3 is 10.2 Å². The number of carbonyl (C=O) groups excluding carboxylic acids is 1. The average Bonchev–Trinajstić information content (AvgIpc) is 2.73. The van der Waals surface area contributed by atoms with Crippen molar-refractivity contribution in [3.8, 4) is 6.07 Å². The highest BCUT2D eigenvalue weighted by atomic mass is 16.3. The van der Waals surface area contributed by atoms with Gasteiger partial charge in [0.1, 0.15) is 23.0 Å². The van der Waals surface area contributed by atoms with Crippen LogP contribution in [0.3, 0.4) is 0 Å². The highest BCUT2D eigenvalue weighted by molar-refractivity contribution is 6.03. The highest BCUT2D eigenvalue weighted by Gasteiger charge is 2.13. The van der Waals surface area contributed by atoms with E-state index in [1.807, 2.05) is 31.2 Å². The minimum atomic E-state index is -0.732. The summed E-state index contributed by atoms with van der Waals surface area (Å²) in [5.41, 5.74) is 6.56. The number of carbonyl (C=O) groups is 1. The summed E-state index contributed by atoms with van der Waals surface area (Å²) in [5.74, 6) is 0.00929. The molecule has 2 aromatic rings. The average molecular weight is 240 g/mol. The van der Waals surface area contributed by atoms with Gasteiger partial charge in [-0.3, -0.25) is 4.79 Å². The Balaban J connectivity index is 2.70. The van der Waals surface area contributed by atoms with Crippen LogP contribution in [0.5, 0.6) is 0 Å². The molecule has 0 saturated carbocycles. The second kappa shape index (κ2) is 4.76. The molecule has 1 heterocycles. The lowest BCUT2D eigenvalue weighted by molar-refractivity contribution is -0.114. The summed E-state index contributed by atoms with van der Waals surface area (Å²) in [6.45, 7) is 1.95. The number of hydrogen-bond acceptors (Lipinski definition) is 3. The Kier molecular flexibility index (Phi) is 3.16. The maximum Gasteiger partial charge on any atom is 0.259 e. The minimum absolute atomic E-state index is 0.0729. The number of rotatable bonds is 3. The van der Waals surface area contributed by atoms with Crippen molar-refractivity contribution in [1.29, 1.82) is 5.26 Å². The number of furan rings is 1. The molecule has 0 saturated heterocycles. The zero-order valence-corrected chi connectivity index (χ0v) is 9.93. The molecule has 0 bridgehead atoms. The Morgan fingerprint density at radius 3 is 2.83 bits per heavy atom. The van der Waals surface area contributed by atoms with Crippen LogP contribution in [0.2, 0.25) is 0 Å². The van der Waals surface area contributed by atoms with Crippen molar-refractivity contribution in [3.05, 3.63) is 41.2 Å². The minimum Gasteiger partial charge on any atom is -0.460 e. The van der Waals surface area contributed by atoms with Gasteiger partial charge >= 0.3 is 0 Å². The van der Waals surface area contributed by atoms with Gasteiger partial charge in [0, 0.05) is 17.4 Å². The summed E-state index contributed by atoms with van der Waals surface area (Å²) < 4.78 is 5.67. The van der Waals surface area contributed by atoms with Gasteiger partial charge in [0.05, 0.1) is 0 Å². The van der Waals surface area contributed by atoms with Crippen LogP contribution in [-0.2, 0) is 11.2 Å². The molecule has 2 rings (SSSR count). The number of primary amides is 1. The predicted octanol–water partition coefficient (Wildman–Crippen LogP) is 2.39. The Morgan fingerprint density at radius 2 is 2.22 bits per heavy atom. The van der Waals surface area contributed by atoms with Crippen molar-refractivity contribution < 1.29 is 9.21 Å². The summed E-state index contributed by atoms with van der Waals surface area (Å²) in [5, 5.41) is 9.76. The van der Waals surface area contributed by atoms with Gasteiger partial charge in [-0.2, -0.15) is 5.26 Å². The van der Waals surface area contributed by atoms with Crippen molar-refractivity contribution in [2.75, 3.05) is 0 Å². The third-order valence-corrected chi connectivity index (χ3v) is 2.71. The number of fused-ring (bicyclic) bond motifs is 1. The number of benzene rings is 1. The van der Waals surface area contributed by atoms with E-state index in [1.165, 1.54) is 6.08 Å². The lowest BCUT2D eigenvalue weighted by Crippen LogP contribution is -2.12. The van der Waals surface area contributed by atoms with Crippen molar-refractivity contribution in [1.82, 2.24) is 0 Å². The van der Waals surface area contributed by atoms with Crippen molar-refractivity contribution in [3.63, 3.8) is 0 Å². The molecule has 0 spiro atoms. The van der Waals surface area contributed by atoms with E-state index in [4.69, 9.17) is 15.4 Å². The summed E-state index contributed by atoms with van der Waals surface area (Å²) in [4.78, 5) is 11.1. The van der Waals surface area contributed by atoms with Crippen LogP contribution in [0, 0.1) is 11.3 Å². The molecular weight excluding hydrogens is 228 g/mol. The number of nitriles is 1. The maximum absolute atomic E-state index is 11.1. The van der Waals surface area contributed by atoms with E-state index in [2.05, 4.69) is 0 Å². The predicted molar refractivity (Wildman–Crippen MR) is 68.4 cm³/mol. The number of aryl methyl sites for hydroxylation is 1. The van der Waals surface area contributed by atoms with E-state index >= 15 is 0 Å². The van der Waals surface area contributed by atoms with Crippen LogP contribution in [0.25, 0.3) is 17.0 Å². The Labute approximate surface area is 104 Å². The molecular formula is C14H12N2O2. The summed E-state index contributed by atoms with van der Waals surface area (Å²) in [6, 6.07) is 9.29. The number of amides is 1. The van der Waals surface area contributed by atoms with E-state index in [0.29, 0.717) is 6.42 Å². The molecule has 2 N–H and O–H groups in total. The number of hydrogen-bond donors (Lipinski definition) is 1. The monoisotopic (exact) mass is 240 g/mol. The molecule has 1 aromatic heterocycles. The normalized spacial score (nSPS) is 11.4. The molecule has 0 aliphatic heterocycles. The summed E-state index contributed by atoms with van der Waals surface area (Å²) in [7, 11) is 0. The molecule has 0 aliphatic rings. The molecule has 4 nitrogen and oxygen atoms in total. The van der Waals surface area contributed by atoms with Gasteiger partial charge in [-0.25, -0.2) is 0 Å². The number of nitrogens with zero attached hydrogens (tertiary/aromatic N) is 1. The van der Waals surface area contributed by atoms with E-state index in [1.54, 1.807) is 6.07 Å². The zero-order chi connectivity index (χ0) is 13.1. The van der Waals surface area contributed by atoms with Gasteiger partial charge in [0.15, 0.2) is 0 Å². The standard InChI is InChI=1S/C14H12N2O2/c1-2-12-11(7-9(8-15)14(16)17)10-5-3-4-6-13(10)18-12/h3-7H,2H2,1H3,(H2,16,17)/b9-7+. The van der Waals surface area contributed by atoms with Crippen LogP contribution in [-0.4, -0.2) is 5.91 Å². The smallest absolute Gasteiger partial charge is 0.259 e. The van der Waals surface area contributed by atoms with Gasteiger partial charge in [0.2, 0.25) is 0 Å². The molecule has 18 heavy (non-hydrogen) atoms. The molecule has 1 amide bonds. The highest BCUT2D eigenvalue weighted by Crippen LogP contribution is 2.28. The fourth-order valence-corrected chi connectivity index (χ4v) is 1.84. The second-order valence-corrected chi connectivity index (χ2v) is 3.82. The Hall–Kier alpha value is -2.54. The molecule has 0 fully saturated rings. The SMILES string of the molecule is CCc1oc2ccccc2c1/C=C(\C#N)C(N)=O. The number of para-hydroxylation sites is 1. The largest absolute Gasteiger partial charge is 0.460 e. The molecule has 4 heteroatoms. The van der Waals surface area contributed by atoms with Crippen LogP contribution in [0.1, 0.15) is 18.2 Å². The van der Waals surface area contributed by atoms with Crippen LogP contribution < -0.4 is 5.73 Å². The van der Waals surface area contributed by atoms with Crippen LogP contribution >= 0.6 is 0 Å². The van der Waals surface area contributed by atoms with Gasteiger partial charge in [-0.1, -0.05) is 25.1 Å². The first-order chi connectivity index (χ1) is 8.67. The third kappa shape index (κ3) is 1.98. The van der Waals surface area contributed by atoms with E-state index in [0.717, 1.165) is 22.3 Å². The Bertz CT molecular complexity index is 675. The first-order valence-electron chi connectivity index (χ1n) is 5.59. The molecule has 0 unspecified atom stereocenters. The van der Waals surface area contributed by atoms with Gasteiger partial charge in [0.25, 0.3) is 5.91 Å². The van der Waals surface area contributed by atoms with Crippen molar-refractivity contribution >= 4 is 23.0 Å². The zero-order valence-electron chi connectivity index (χ0n) is 9.93. The van der Waals surface area contributed by atoms with Gasteiger partial charge in [-0.05, 0) is 12.1 Å². The summed E-state index contributed by atoms with van der Waals surface area (Å²) >= 11 is 0. The first-order valence-corrected chi connectivity index (χ1v) is 5.59. The molecule has 1 aromatic carbocycles. The second-order valence-electron chi connectivity index (χ2n) is 3.82. The molecule has 0 aliphatic carbocycles. The maximum atomic E-state index is 11.1. The quantitative estimate of drug-likeness (QED) is 0.660. The van der Waals surface area contributed by atoms with E-state index in [9.17, 15) is 4.79 Å². The van der Waals surface area contributed by atoms with Crippen molar-refractivity contribution in [2.45, 2.75) is 13.3 Å². The fraction of sp³-hybridized carbons (Fsp3) is 0.143. The van der Waals surface area contributed by atoms with Gasteiger partial charge in [-0.15, -0.1) is 0 Å². The molecule has 90 valence electrons. The summed E-state index contributed by atoms with van der Waals surface area (Å²) in [6.07, 6.45) is 2.17. The van der Waals surface area contributed by atoms with Crippen molar-refractivity contribution in [2.24, 2.45) is 5.73 Å². The Morgan fingerprint density at radius 1 is 1.50 bits per heavy atom.